The Hall–Kier alpha value is -6.94. The van der Waals surface area contributed by atoms with Crippen LogP contribution >= 0.6 is 0 Å². The minimum atomic E-state index is -2.67. The number of anilines is 5. The summed E-state index contributed by atoms with van der Waals surface area (Å²) in [6.45, 7) is 0.995. The maximum Gasteiger partial charge on any atom is 0.179 e. The Labute approximate surface area is 334 Å². The summed E-state index contributed by atoms with van der Waals surface area (Å²) in [5.74, 6) is 0. The van der Waals surface area contributed by atoms with Crippen molar-refractivity contribution in [1.82, 2.24) is 0 Å². The van der Waals surface area contributed by atoms with Gasteiger partial charge in [0.25, 0.3) is 0 Å². The summed E-state index contributed by atoms with van der Waals surface area (Å²) in [6.07, 6.45) is 1.07. The molecule has 0 radical (unpaired) electrons. The normalized spacial score (nSPS) is 12.7. The zero-order chi connectivity index (χ0) is 37.8. The van der Waals surface area contributed by atoms with E-state index in [0.29, 0.717) is 0 Å². The highest BCUT2D eigenvalue weighted by Crippen LogP contribution is 2.47. The molecule has 0 fully saturated rings. The van der Waals surface area contributed by atoms with E-state index in [0.717, 1.165) is 24.3 Å². The van der Waals surface area contributed by atoms with E-state index < -0.39 is 8.07 Å². The smallest absolute Gasteiger partial charge is 0.179 e. The molecular weight excluding hydrogens is 705 g/mol. The highest BCUT2D eigenvalue weighted by Gasteiger charge is 2.41. The van der Waals surface area contributed by atoms with Crippen LogP contribution in [0.3, 0.4) is 0 Å². The zero-order valence-corrected chi connectivity index (χ0v) is 32.6. The maximum absolute atomic E-state index is 2.67. The number of benzene rings is 10. The lowest BCUT2D eigenvalue weighted by Crippen LogP contribution is -2.74. The molecule has 1 aliphatic rings. The van der Waals surface area contributed by atoms with Gasteiger partial charge in [-0.25, -0.2) is 0 Å². The van der Waals surface area contributed by atoms with Gasteiger partial charge in [0.05, 0.1) is 5.69 Å². The number of hydrogen-bond acceptors (Lipinski definition) is 2. The molecule has 0 atom stereocenters. The Balaban J connectivity index is 1.11. The molecule has 0 unspecified atom stereocenters. The van der Waals surface area contributed by atoms with Crippen molar-refractivity contribution in [3.05, 3.63) is 224 Å². The van der Waals surface area contributed by atoms with E-state index >= 15 is 0 Å². The number of fused-ring (bicyclic) bond motifs is 1. The van der Waals surface area contributed by atoms with Gasteiger partial charge in [0.15, 0.2) is 8.07 Å². The third-order valence-corrected chi connectivity index (χ3v) is 17.0. The van der Waals surface area contributed by atoms with Gasteiger partial charge in [0.2, 0.25) is 0 Å². The zero-order valence-electron chi connectivity index (χ0n) is 31.6. The van der Waals surface area contributed by atoms with Crippen LogP contribution in [0.1, 0.15) is 5.56 Å². The van der Waals surface area contributed by atoms with Crippen molar-refractivity contribution in [2.45, 2.75) is 6.42 Å². The molecule has 3 heteroatoms. The van der Waals surface area contributed by atoms with Crippen LogP contribution in [0.4, 0.5) is 28.4 Å². The summed E-state index contributed by atoms with van der Waals surface area (Å²) in [6, 6.07) is 81.3. The summed E-state index contributed by atoms with van der Waals surface area (Å²) in [7, 11) is -2.67. The van der Waals surface area contributed by atoms with E-state index in [9.17, 15) is 0 Å². The molecule has 11 rings (SSSR count). The lowest BCUT2D eigenvalue weighted by Gasteiger charge is -2.35. The largest absolute Gasteiger partial charge is 0.340 e. The molecule has 270 valence electrons. The SMILES string of the molecule is c1ccc(N(c2ccc([Si](c3ccccc3)(c3ccccc3)c3ccccc3)cc2)c2ccc3ccc4c(N5CCc6ccccc65)ccc5ccc2c3c54)cc1. The molecular formula is C54H40N2Si. The van der Waals surface area contributed by atoms with Crippen LogP contribution in [-0.4, -0.2) is 14.6 Å². The molecule has 0 amide bonds. The van der Waals surface area contributed by atoms with Crippen molar-refractivity contribution in [2.24, 2.45) is 0 Å². The van der Waals surface area contributed by atoms with Crippen molar-refractivity contribution >= 4 is 89.6 Å². The van der Waals surface area contributed by atoms with Gasteiger partial charge in [-0.3, -0.25) is 0 Å². The molecule has 1 heterocycles. The van der Waals surface area contributed by atoms with Crippen LogP contribution in [-0.2, 0) is 6.42 Å². The standard InChI is InChI=1S/C54H40N2Si/c1-5-16-42(17-6-1)56(43-29-31-47(32-30-43)57(44-18-7-2-8-19-44,45-20-9-3-10-21-45)46-22-11-4-12-23-46)52-36-28-41-25-33-48-51(55-38-37-39-15-13-14-24-50(39)55)35-27-40-26-34-49(52)54(41)53(40)48/h1-36H,37-38H2. The summed E-state index contributed by atoms with van der Waals surface area (Å²) in [5, 5.41) is 13.2. The van der Waals surface area contributed by atoms with Crippen LogP contribution in [0.15, 0.2) is 218 Å². The van der Waals surface area contributed by atoms with Crippen LogP contribution in [0.2, 0.25) is 0 Å². The summed E-state index contributed by atoms with van der Waals surface area (Å²) in [5.41, 5.74) is 7.46. The molecule has 0 aromatic heterocycles. The minimum absolute atomic E-state index is 0.995. The number of hydrogen-bond donors (Lipinski definition) is 0. The fraction of sp³-hybridized carbons (Fsp3) is 0.0370. The second-order valence-electron chi connectivity index (χ2n) is 15.2. The van der Waals surface area contributed by atoms with Crippen molar-refractivity contribution in [1.29, 1.82) is 0 Å². The van der Waals surface area contributed by atoms with E-state index in [1.54, 1.807) is 0 Å². The maximum atomic E-state index is 2.52. The van der Waals surface area contributed by atoms with Crippen LogP contribution in [0.25, 0.3) is 32.3 Å². The molecule has 1 aliphatic heterocycles. The molecule has 2 nitrogen and oxygen atoms in total. The molecule has 0 saturated carbocycles. The molecule has 0 bridgehead atoms. The molecule has 0 saturated heterocycles. The first kappa shape index (κ1) is 33.4. The predicted molar refractivity (Wildman–Crippen MR) is 246 cm³/mol. The Bertz CT molecular complexity index is 2900. The Morgan fingerprint density at radius 3 is 1.47 bits per heavy atom. The van der Waals surface area contributed by atoms with Crippen molar-refractivity contribution < 1.29 is 0 Å². The minimum Gasteiger partial charge on any atom is -0.340 e. The summed E-state index contributed by atoms with van der Waals surface area (Å²) in [4.78, 5) is 4.97. The van der Waals surface area contributed by atoms with Gasteiger partial charge in [0, 0.05) is 40.1 Å². The number of rotatable bonds is 8. The predicted octanol–water partition coefficient (Wildman–Crippen LogP) is 11.1. The highest BCUT2D eigenvalue weighted by atomic mass is 28.3. The van der Waals surface area contributed by atoms with Crippen LogP contribution < -0.4 is 30.5 Å². The second-order valence-corrected chi connectivity index (χ2v) is 19.0. The lowest BCUT2D eigenvalue weighted by molar-refractivity contribution is 1.00. The topological polar surface area (TPSA) is 6.48 Å². The molecule has 0 aliphatic carbocycles. The van der Waals surface area contributed by atoms with Crippen LogP contribution in [0.5, 0.6) is 0 Å². The molecule has 0 spiro atoms. The van der Waals surface area contributed by atoms with Gasteiger partial charge in [-0.15, -0.1) is 0 Å². The van der Waals surface area contributed by atoms with E-state index in [4.69, 9.17) is 0 Å². The van der Waals surface area contributed by atoms with Gasteiger partial charge in [-0.05, 0) is 96.7 Å². The second kappa shape index (κ2) is 13.7. The van der Waals surface area contributed by atoms with Gasteiger partial charge < -0.3 is 9.80 Å². The van der Waals surface area contributed by atoms with Gasteiger partial charge in [-0.1, -0.05) is 176 Å². The fourth-order valence-corrected chi connectivity index (χ4v) is 14.5. The first-order valence-electron chi connectivity index (χ1n) is 20.0. The highest BCUT2D eigenvalue weighted by molar-refractivity contribution is 7.19. The quantitative estimate of drug-likeness (QED) is 0.0868. The van der Waals surface area contributed by atoms with Gasteiger partial charge in [0.1, 0.15) is 0 Å². The fourth-order valence-electron chi connectivity index (χ4n) is 9.72. The van der Waals surface area contributed by atoms with Crippen LogP contribution in [0, 0.1) is 0 Å². The third kappa shape index (κ3) is 5.31. The Morgan fingerprint density at radius 1 is 0.368 bits per heavy atom. The lowest BCUT2D eigenvalue weighted by atomic mass is 9.92. The third-order valence-electron chi connectivity index (χ3n) is 12.2. The number of para-hydroxylation sites is 2. The Kier molecular flexibility index (Phi) is 8.01. The monoisotopic (exact) mass is 744 g/mol. The van der Waals surface area contributed by atoms with E-state index in [2.05, 4.69) is 228 Å². The van der Waals surface area contributed by atoms with Crippen molar-refractivity contribution in [3.8, 4) is 0 Å². The average Bonchev–Trinajstić information content (AvgIpc) is 3.72. The molecule has 57 heavy (non-hydrogen) atoms. The Morgan fingerprint density at radius 2 is 0.842 bits per heavy atom. The van der Waals surface area contributed by atoms with Gasteiger partial charge in [-0.2, -0.15) is 0 Å². The van der Waals surface area contributed by atoms with E-state index in [1.807, 2.05) is 0 Å². The molecule has 10 aromatic carbocycles. The first-order chi connectivity index (χ1) is 28.3. The van der Waals surface area contributed by atoms with Crippen molar-refractivity contribution in [2.75, 3.05) is 16.3 Å². The summed E-state index contributed by atoms with van der Waals surface area (Å²) >= 11 is 0. The molecule has 10 aromatic rings. The number of nitrogens with zero attached hydrogens (tertiary/aromatic N) is 2. The van der Waals surface area contributed by atoms with Gasteiger partial charge >= 0.3 is 0 Å². The van der Waals surface area contributed by atoms with E-state index in [-0.39, 0.29) is 0 Å². The molecule has 0 N–H and O–H groups in total. The van der Waals surface area contributed by atoms with Crippen molar-refractivity contribution in [3.63, 3.8) is 0 Å². The van der Waals surface area contributed by atoms with E-state index in [1.165, 1.54) is 75.7 Å². The summed E-state index contributed by atoms with van der Waals surface area (Å²) < 4.78 is 0. The average molecular weight is 745 g/mol. The first-order valence-corrected chi connectivity index (χ1v) is 22.0.